The summed E-state index contributed by atoms with van der Waals surface area (Å²) in [5.74, 6) is 0.0692. The molecule has 7 heteroatoms. The zero-order valence-electron chi connectivity index (χ0n) is 19.5. The Labute approximate surface area is 198 Å². The van der Waals surface area contributed by atoms with E-state index in [4.69, 9.17) is 9.47 Å². The molecule has 3 aliphatic heterocycles. The smallest absolute Gasteiger partial charge is 0.414 e. The number of carbonyl (C=O) groups excluding carboxylic acids is 3. The molecule has 0 bridgehead atoms. The number of hydrogen-bond acceptors (Lipinski definition) is 5. The number of nitrogens with zero attached hydrogens (tertiary/aromatic N) is 2. The number of ether oxygens (including phenoxy) is 2. The molecule has 2 aromatic carbocycles. The lowest BCUT2D eigenvalue weighted by Crippen LogP contribution is -2.40. The Kier molecular flexibility index (Phi) is 4.57. The maximum absolute atomic E-state index is 13.7. The molecule has 3 heterocycles. The summed E-state index contributed by atoms with van der Waals surface area (Å²) in [5, 5.41) is 0. The van der Waals surface area contributed by atoms with Crippen LogP contribution in [0.1, 0.15) is 54.6 Å². The van der Waals surface area contributed by atoms with E-state index in [2.05, 4.69) is 13.8 Å². The van der Waals surface area contributed by atoms with Gasteiger partial charge in [0.2, 0.25) is 5.91 Å². The predicted molar refractivity (Wildman–Crippen MR) is 125 cm³/mol. The van der Waals surface area contributed by atoms with Crippen molar-refractivity contribution in [3.63, 3.8) is 0 Å². The summed E-state index contributed by atoms with van der Waals surface area (Å²) in [6.45, 7) is 5.51. The molecule has 0 N–H and O–H groups in total. The number of amides is 2. The highest BCUT2D eigenvalue weighted by atomic mass is 16.6. The van der Waals surface area contributed by atoms with Crippen LogP contribution in [0.3, 0.4) is 0 Å². The molecule has 2 atom stereocenters. The van der Waals surface area contributed by atoms with Crippen LogP contribution in [0.4, 0.5) is 10.5 Å². The summed E-state index contributed by atoms with van der Waals surface area (Å²) in [6.07, 6.45) is 1.89. The second-order valence-electron chi connectivity index (χ2n) is 10.3. The summed E-state index contributed by atoms with van der Waals surface area (Å²) in [7, 11) is 0. The van der Waals surface area contributed by atoms with E-state index in [-0.39, 0.29) is 29.9 Å². The molecule has 34 heavy (non-hydrogen) atoms. The molecule has 1 spiro atoms. The third-order valence-corrected chi connectivity index (χ3v) is 7.98. The lowest BCUT2D eigenvalue weighted by atomic mass is 9.91. The summed E-state index contributed by atoms with van der Waals surface area (Å²) in [5.41, 5.74) is 2.00. The van der Waals surface area contributed by atoms with Gasteiger partial charge in [0, 0.05) is 24.2 Å². The van der Waals surface area contributed by atoms with Crippen molar-refractivity contribution in [2.45, 2.75) is 50.2 Å². The first-order chi connectivity index (χ1) is 16.3. The Morgan fingerprint density at radius 2 is 1.76 bits per heavy atom. The summed E-state index contributed by atoms with van der Waals surface area (Å²) >= 11 is 0. The van der Waals surface area contributed by atoms with Gasteiger partial charge in [-0.1, -0.05) is 44.2 Å². The topological polar surface area (TPSA) is 76.2 Å². The molecule has 1 saturated carbocycles. The molecule has 2 saturated heterocycles. The van der Waals surface area contributed by atoms with Crippen LogP contribution >= 0.6 is 0 Å². The van der Waals surface area contributed by atoms with Gasteiger partial charge >= 0.3 is 12.1 Å². The van der Waals surface area contributed by atoms with Crippen molar-refractivity contribution in [3.8, 4) is 0 Å². The standard InChI is InChI=1S/C27H28N2O5/c1-17(2)22-15-33-25(32)29(22)19-9-7-18(8-10-19)26(11-12-26)24(31)28-14-13-27(16-28)21-6-4-3-5-20(21)23(30)34-27/h3-10,17,22H,11-16H2,1-2H3. The van der Waals surface area contributed by atoms with Gasteiger partial charge in [0.25, 0.3) is 0 Å². The van der Waals surface area contributed by atoms with E-state index in [0.29, 0.717) is 31.7 Å². The van der Waals surface area contributed by atoms with E-state index < -0.39 is 11.0 Å². The fraction of sp³-hybridized carbons (Fsp3) is 0.444. The number of carbonyl (C=O) groups is 3. The van der Waals surface area contributed by atoms with E-state index in [9.17, 15) is 14.4 Å². The molecule has 3 fully saturated rings. The molecule has 176 valence electrons. The number of rotatable bonds is 4. The predicted octanol–water partition coefficient (Wildman–Crippen LogP) is 4.00. The van der Waals surface area contributed by atoms with Crippen LogP contribution in [0.15, 0.2) is 48.5 Å². The molecular weight excluding hydrogens is 432 g/mol. The monoisotopic (exact) mass is 460 g/mol. The average Bonchev–Trinajstić information content (AvgIpc) is 3.27. The summed E-state index contributed by atoms with van der Waals surface area (Å²) in [6, 6.07) is 15.3. The number of benzene rings is 2. The van der Waals surface area contributed by atoms with Crippen molar-refractivity contribution in [1.82, 2.24) is 4.90 Å². The molecule has 0 radical (unpaired) electrons. The van der Waals surface area contributed by atoms with Gasteiger partial charge in [-0.2, -0.15) is 0 Å². The summed E-state index contributed by atoms with van der Waals surface area (Å²) in [4.78, 5) is 42.0. The highest BCUT2D eigenvalue weighted by Crippen LogP contribution is 2.52. The van der Waals surface area contributed by atoms with Gasteiger partial charge in [-0.05, 0) is 42.5 Å². The molecule has 0 aromatic heterocycles. The number of hydrogen-bond donors (Lipinski definition) is 0. The lowest BCUT2D eigenvalue weighted by molar-refractivity contribution is -0.134. The molecule has 6 rings (SSSR count). The summed E-state index contributed by atoms with van der Waals surface area (Å²) < 4.78 is 11.1. The number of esters is 1. The van der Waals surface area contributed by atoms with E-state index in [1.807, 2.05) is 47.4 Å². The van der Waals surface area contributed by atoms with Crippen molar-refractivity contribution in [1.29, 1.82) is 0 Å². The van der Waals surface area contributed by atoms with Crippen LogP contribution in [0.5, 0.6) is 0 Å². The Morgan fingerprint density at radius 1 is 1.03 bits per heavy atom. The molecular formula is C27H28N2O5. The minimum Gasteiger partial charge on any atom is -0.449 e. The van der Waals surface area contributed by atoms with Crippen molar-refractivity contribution in [3.05, 3.63) is 65.2 Å². The molecule has 4 aliphatic rings. The van der Waals surface area contributed by atoms with E-state index in [1.165, 1.54) is 0 Å². The Hall–Kier alpha value is -3.35. The molecule has 2 aromatic rings. The van der Waals surface area contributed by atoms with Crippen molar-refractivity contribution in [2.75, 3.05) is 24.6 Å². The maximum atomic E-state index is 13.7. The van der Waals surface area contributed by atoms with Gasteiger partial charge in [-0.15, -0.1) is 0 Å². The van der Waals surface area contributed by atoms with Crippen molar-refractivity contribution >= 4 is 23.7 Å². The fourth-order valence-corrected chi connectivity index (χ4v) is 5.82. The van der Waals surface area contributed by atoms with Gasteiger partial charge in [0.05, 0.1) is 23.6 Å². The lowest BCUT2D eigenvalue weighted by Gasteiger charge is -2.27. The number of fused-ring (bicyclic) bond motifs is 2. The molecule has 2 unspecified atom stereocenters. The van der Waals surface area contributed by atoms with Crippen LogP contribution in [-0.2, 0) is 25.3 Å². The van der Waals surface area contributed by atoms with Gasteiger partial charge in [0.1, 0.15) is 6.61 Å². The minimum atomic E-state index is -0.731. The second kappa shape index (κ2) is 7.32. The van der Waals surface area contributed by atoms with Gasteiger partial charge < -0.3 is 14.4 Å². The van der Waals surface area contributed by atoms with Crippen LogP contribution in [0, 0.1) is 5.92 Å². The Balaban J connectivity index is 1.22. The first kappa shape index (κ1) is 21.2. The normalized spacial score (nSPS) is 26.7. The van der Waals surface area contributed by atoms with Gasteiger partial charge in [0.15, 0.2) is 5.60 Å². The third kappa shape index (κ3) is 2.99. The minimum absolute atomic E-state index is 0.00709. The largest absolute Gasteiger partial charge is 0.449 e. The van der Waals surface area contributed by atoms with E-state index in [1.54, 1.807) is 11.0 Å². The number of cyclic esters (lactones) is 1. The Bertz CT molecular complexity index is 1190. The van der Waals surface area contributed by atoms with Crippen LogP contribution in [0.25, 0.3) is 0 Å². The first-order valence-electron chi connectivity index (χ1n) is 12.0. The third-order valence-electron chi connectivity index (χ3n) is 7.98. The van der Waals surface area contributed by atoms with E-state index >= 15 is 0 Å². The van der Waals surface area contributed by atoms with Crippen LogP contribution in [0.2, 0.25) is 0 Å². The molecule has 2 amide bonds. The van der Waals surface area contributed by atoms with Crippen molar-refractivity contribution < 1.29 is 23.9 Å². The quantitative estimate of drug-likeness (QED) is 0.645. The second-order valence-corrected chi connectivity index (χ2v) is 10.3. The molecule has 7 nitrogen and oxygen atoms in total. The van der Waals surface area contributed by atoms with Crippen LogP contribution < -0.4 is 4.90 Å². The first-order valence-corrected chi connectivity index (χ1v) is 12.0. The maximum Gasteiger partial charge on any atom is 0.414 e. The fourth-order valence-electron chi connectivity index (χ4n) is 5.82. The van der Waals surface area contributed by atoms with Gasteiger partial charge in [-0.3, -0.25) is 9.69 Å². The van der Waals surface area contributed by atoms with Crippen molar-refractivity contribution in [2.24, 2.45) is 5.92 Å². The molecule has 1 aliphatic carbocycles. The number of likely N-dealkylation sites (tertiary alicyclic amines) is 1. The zero-order chi connectivity index (χ0) is 23.7. The van der Waals surface area contributed by atoms with E-state index in [0.717, 1.165) is 29.7 Å². The highest BCUT2D eigenvalue weighted by molar-refractivity contribution is 5.96. The van der Waals surface area contributed by atoms with Gasteiger partial charge in [-0.25, -0.2) is 9.59 Å². The SMILES string of the molecule is CC(C)C1COC(=O)N1c1ccc(C2(C(=O)N3CCC4(C3)OC(=O)c3ccccc34)CC2)cc1. The zero-order valence-corrected chi connectivity index (χ0v) is 19.5. The average molecular weight is 461 g/mol. The number of anilines is 1. The Morgan fingerprint density at radius 3 is 2.47 bits per heavy atom. The van der Waals surface area contributed by atoms with Crippen LogP contribution in [-0.4, -0.2) is 48.6 Å². The highest BCUT2D eigenvalue weighted by Gasteiger charge is 2.57.